The van der Waals surface area contributed by atoms with Crippen LogP contribution in [0, 0.1) is 0 Å². The zero-order chi connectivity index (χ0) is 32.1. The van der Waals surface area contributed by atoms with Gasteiger partial charge in [0.2, 0.25) is 0 Å². The van der Waals surface area contributed by atoms with Crippen LogP contribution in [0.4, 0.5) is 0 Å². The minimum atomic E-state index is -0.472. The summed E-state index contributed by atoms with van der Waals surface area (Å²) in [4.78, 5) is 23.1. The number of carbonyl (C=O) groups is 2. The van der Waals surface area contributed by atoms with Gasteiger partial charge < -0.3 is 52.7 Å². The van der Waals surface area contributed by atoms with E-state index < -0.39 is 11.2 Å². The molecule has 0 aliphatic heterocycles. The van der Waals surface area contributed by atoms with Crippen LogP contribution in [-0.2, 0) is 57.0 Å². The minimum absolute atomic E-state index is 0.234. The van der Waals surface area contributed by atoms with Crippen molar-refractivity contribution >= 4 is 11.9 Å². The van der Waals surface area contributed by atoms with Gasteiger partial charge in [-0.15, -0.1) is 0 Å². The van der Waals surface area contributed by atoms with Crippen molar-refractivity contribution in [2.45, 2.75) is 65.6 Å². The average Bonchev–Trinajstić information content (AvgIpc) is 2.90. The van der Waals surface area contributed by atoms with E-state index in [2.05, 4.69) is 5.32 Å². The van der Waals surface area contributed by atoms with Crippen LogP contribution < -0.4 is 5.32 Å². The lowest BCUT2D eigenvalue weighted by Crippen LogP contribution is -2.25. The zero-order valence-electron chi connectivity index (χ0n) is 27.5. The Morgan fingerprint density at radius 2 is 0.628 bits per heavy atom. The van der Waals surface area contributed by atoms with E-state index in [0.29, 0.717) is 106 Å². The van der Waals surface area contributed by atoms with Crippen LogP contribution in [0.15, 0.2) is 0 Å². The van der Waals surface area contributed by atoms with Gasteiger partial charge in [0.05, 0.1) is 119 Å². The molecule has 0 saturated carbocycles. The summed E-state index contributed by atoms with van der Waals surface area (Å²) in [5.74, 6) is -0.527. The molecule has 256 valence electrons. The predicted octanol–water partition coefficient (Wildman–Crippen LogP) is 2.17. The summed E-state index contributed by atoms with van der Waals surface area (Å²) in [7, 11) is 0. The number of ether oxygens (including phenoxy) is 10. The first-order valence-electron chi connectivity index (χ1n) is 15.3. The van der Waals surface area contributed by atoms with E-state index in [-0.39, 0.29) is 24.8 Å². The Morgan fingerprint density at radius 1 is 0.395 bits per heavy atom. The second kappa shape index (κ2) is 28.1. The predicted molar refractivity (Wildman–Crippen MR) is 160 cm³/mol. The summed E-state index contributed by atoms with van der Waals surface area (Å²) >= 11 is 0. The van der Waals surface area contributed by atoms with Gasteiger partial charge in [0.25, 0.3) is 0 Å². The highest BCUT2D eigenvalue weighted by molar-refractivity contribution is 5.70. The van der Waals surface area contributed by atoms with E-state index in [1.54, 1.807) is 0 Å². The second-order valence-corrected chi connectivity index (χ2v) is 11.3. The van der Waals surface area contributed by atoms with Crippen molar-refractivity contribution in [3.63, 3.8) is 0 Å². The van der Waals surface area contributed by atoms with E-state index in [1.165, 1.54) is 0 Å². The number of carbonyl (C=O) groups excluding carboxylic acids is 2. The third kappa shape index (κ3) is 36.7. The maximum Gasteiger partial charge on any atom is 0.308 e. The van der Waals surface area contributed by atoms with E-state index in [0.717, 1.165) is 13.1 Å². The highest BCUT2D eigenvalue weighted by atomic mass is 16.6. The lowest BCUT2D eigenvalue weighted by molar-refractivity contribution is -0.157. The fourth-order valence-corrected chi connectivity index (χ4v) is 3.03. The highest BCUT2D eigenvalue weighted by Crippen LogP contribution is 2.08. The molecule has 0 aromatic rings. The van der Waals surface area contributed by atoms with Gasteiger partial charge in [-0.3, -0.25) is 9.59 Å². The van der Waals surface area contributed by atoms with Crippen LogP contribution in [0.2, 0.25) is 0 Å². The van der Waals surface area contributed by atoms with Crippen LogP contribution in [0.1, 0.15) is 54.4 Å². The fraction of sp³-hybridized carbons (Fsp3) is 0.933. The molecular weight excluding hydrogens is 566 g/mol. The molecule has 0 unspecified atom stereocenters. The summed E-state index contributed by atoms with van der Waals surface area (Å²) in [5, 5.41) is 3.25. The quantitative estimate of drug-likeness (QED) is 0.0923. The third-order valence-corrected chi connectivity index (χ3v) is 4.82. The Bertz CT molecular complexity index is 598. The summed E-state index contributed by atoms with van der Waals surface area (Å²) < 4.78 is 53.9. The molecule has 13 heteroatoms. The zero-order valence-corrected chi connectivity index (χ0v) is 27.5. The second-order valence-electron chi connectivity index (χ2n) is 11.3. The van der Waals surface area contributed by atoms with Crippen LogP contribution in [-0.4, -0.2) is 142 Å². The number of rotatable bonds is 30. The molecule has 0 aliphatic carbocycles. The molecule has 13 nitrogen and oxygen atoms in total. The molecule has 0 radical (unpaired) electrons. The Balaban J connectivity index is 3.16. The van der Waals surface area contributed by atoms with E-state index in [9.17, 15) is 9.59 Å². The standard InChI is InChI=1S/C30H59NO12/c1-29(2,3)42-27(32)7-11-34-15-19-38-23-25-40-21-17-36-13-9-31-10-14-37-18-22-41-26-24-39-20-16-35-12-8-28(33)43-30(4,5)6/h31H,7-26H2,1-6H3. The lowest BCUT2D eigenvalue weighted by Gasteiger charge is -2.19. The molecule has 1 N–H and O–H groups in total. The molecule has 0 heterocycles. The first-order chi connectivity index (χ1) is 20.5. The van der Waals surface area contributed by atoms with Gasteiger partial charge in [0.15, 0.2) is 0 Å². The minimum Gasteiger partial charge on any atom is -0.460 e. The molecular formula is C30H59NO12. The van der Waals surface area contributed by atoms with E-state index >= 15 is 0 Å². The normalized spacial score (nSPS) is 12.0. The third-order valence-electron chi connectivity index (χ3n) is 4.82. The highest BCUT2D eigenvalue weighted by Gasteiger charge is 2.16. The molecule has 0 aromatic heterocycles. The summed E-state index contributed by atoms with van der Waals surface area (Å²) in [6.07, 6.45) is 0.468. The Labute approximate surface area is 258 Å². The maximum atomic E-state index is 11.5. The first-order valence-corrected chi connectivity index (χ1v) is 15.3. The Morgan fingerprint density at radius 3 is 0.884 bits per heavy atom. The van der Waals surface area contributed by atoms with Gasteiger partial charge in [0.1, 0.15) is 11.2 Å². The monoisotopic (exact) mass is 625 g/mol. The average molecular weight is 626 g/mol. The van der Waals surface area contributed by atoms with Gasteiger partial charge >= 0.3 is 11.9 Å². The number of hydrogen-bond acceptors (Lipinski definition) is 13. The van der Waals surface area contributed by atoms with E-state index in [4.69, 9.17) is 47.4 Å². The Kier molecular flexibility index (Phi) is 27.2. The number of nitrogens with one attached hydrogen (secondary N) is 1. The molecule has 0 saturated heterocycles. The van der Waals surface area contributed by atoms with Crippen LogP contribution in [0.5, 0.6) is 0 Å². The van der Waals surface area contributed by atoms with Crippen molar-refractivity contribution in [1.82, 2.24) is 5.32 Å². The molecule has 0 fully saturated rings. The van der Waals surface area contributed by atoms with E-state index in [1.807, 2.05) is 41.5 Å². The molecule has 0 aromatic carbocycles. The van der Waals surface area contributed by atoms with Gasteiger partial charge in [-0.25, -0.2) is 0 Å². The fourth-order valence-electron chi connectivity index (χ4n) is 3.03. The topological polar surface area (TPSA) is 138 Å². The van der Waals surface area contributed by atoms with Crippen molar-refractivity contribution in [3.05, 3.63) is 0 Å². The lowest BCUT2D eigenvalue weighted by atomic mass is 10.2. The van der Waals surface area contributed by atoms with Gasteiger partial charge in [-0.1, -0.05) is 0 Å². The van der Waals surface area contributed by atoms with Crippen molar-refractivity contribution in [1.29, 1.82) is 0 Å². The van der Waals surface area contributed by atoms with Crippen LogP contribution in [0.25, 0.3) is 0 Å². The van der Waals surface area contributed by atoms with Gasteiger partial charge in [-0.2, -0.15) is 0 Å². The van der Waals surface area contributed by atoms with Crippen molar-refractivity contribution < 1.29 is 57.0 Å². The Hall–Kier alpha value is -1.42. The summed E-state index contributed by atoms with van der Waals surface area (Å²) in [6.45, 7) is 20.1. The molecule has 0 atom stereocenters. The summed E-state index contributed by atoms with van der Waals surface area (Å²) in [6, 6.07) is 0. The van der Waals surface area contributed by atoms with Gasteiger partial charge in [0, 0.05) is 13.1 Å². The summed E-state index contributed by atoms with van der Waals surface area (Å²) in [5.41, 5.74) is -0.944. The molecule has 0 amide bonds. The first kappa shape index (κ1) is 41.6. The molecule has 0 rings (SSSR count). The molecule has 0 aliphatic rings. The molecule has 0 spiro atoms. The van der Waals surface area contributed by atoms with Crippen molar-refractivity contribution in [2.75, 3.05) is 119 Å². The van der Waals surface area contributed by atoms with Crippen LogP contribution >= 0.6 is 0 Å². The van der Waals surface area contributed by atoms with Crippen LogP contribution in [0.3, 0.4) is 0 Å². The number of hydrogen-bond donors (Lipinski definition) is 1. The SMILES string of the molecule is CC(C)(C)OC(=O)CCOCCOCCOCCOCCNCCOCCOCCOCCOCCC(=O)OC(C)(C)C. The largest absolute Gasteiger partial charge is 0.460 e. The van der Waals surface area contributed by atoms with Crippen molar-refractivity contribution in [3.8, 4) is 0 Å². The maximum absolute atomic E-state index is 11.5. The molecule has 0 bridgehead atoms. The smallest absolute Gasteiger partial charge is 0.308 e. The van der Waals surface area contributed by atoms with Crippen molar-refractivity contribution in [2.24, 2.45) is 0 Å². The molecule has 43 heavy (non-hydrogen) atoms. The van der Waals surface area contributed by atoms with Gasteiger partial charge in [-0.05, 0) is 41.5 Å². The number of esters is 2.